The van der Waals surface area contributed by atoms with E-state index in [9.17, 15) is 14.7 Å². The van der Waals surface area contributed by atoms with Gasteiger partial charge in [0.25, 0.3) is 11.7 Å². The van der Waals surface area contributed by atoms with E-state index in [4.69, 9.17) is 14.2 Å². The normalized spacial score (nSPS) is 16.6. The second-order valence-electron chi connectivity index (χ2n) is 10.0. The van der Waals surface area contributed by atoms with E-state index >= 15 is 0 Å². The van der Waals surface area contributed by atoms with E-state index in [1.165, 1.54) is 12.0 Å². The summed E-state index contributed by atoms with van der Waals surface area (Å²) in [6.07, 6.45) is 0. The number of ether oxygens (including phenoxy) is 3. The summed E-state index contributed by atoms with van der Waals surface area (Å²) in [5, 5.41) is 11.4. The van der Waals surface area contributed by atoms with Crippen LogP contribution in [0.25, 0.3) is 5.76 Å². The molecule has 0 saturated carbocycles. The first-order valence-electron chi connectivity index (χ1n) is 13.1. The van der Waals surface area contributed by atoms with E-state index in [-0.39, 0.29) is 24.5 Å². The summed E-state index contributed by atoms with van der Waals surface area (Å²) in [5.74, 6) is 0.000880. The van der Waals surface area contributed by atoms with Gasteiger partial charge >= 0.3 is 0 Å². The minimum Gasteiger partial charge on any atom is -0.507 e. The summed E-state index contributed by atoms with van der Waals surface area (Å²) >= 11 is 0. The van der Waals surface area contributed by atoms with Gasteiger partial charge in [0.15, 0.2) is 0 Å². The number of aliphatic hydroxyl groups excluding tert-OH is 1. The predicted octanol–water partition coefficient (Wildman–Crippen LogP) is 5.68. The third-order valence-electron chi connectivity index (χ3n) is 6.52. The van der Waals surface area contributed by atoms with Crippen LogP contribution in [0, 0.1) is 12.8 Å². The van der Waals surface area contributed by atoms with Gasteiger partial charge in [0.2, 0.25) is 0 Å². The van der Waals surface area contributed by atoms with Gasteiger partial charge in [0, 0.05) is 19.2 Å². The lowest BCUT2D eigenvalue weighted by atomic mass is 9.94. The van der Waals surface area contributed by atoms with Gasteiger partial charge in [-0.05, 0) is 59.9 Å². The van der Waals surface area contributed by atoms with E-state index in [2.05, 4.69) is 13.8 Å². The molecule has 0 bridgehead atoms. The first kappa shape index (κ1) is 27.9. The molecule has 1 aliphatic heterocycles. The van der Waals surface area contributed by atoms with E-state index in [0.717, 1.165) is 11.1 Å². The zero-order chi connectivity index (χ0) is 27.9. The van der Waals surface area contributed by atoms with Crippen molar-refractivity contribution in [2.75, 3.05) is 26.9 Å². The summed E-state index contributed by atoms with van der Waals surface area (Å²) in [6.45, 7) is 7.39. The third-order valence-corrected chi connectivity index (χ3v) is 6.52. The van der Waals surface area contributed by atoms with Crippen molar-refractivity contribution in [3.05, 3.63) is 101 Å². The Morgan fingerprint density at radius 2 is 1.74 bits per heavy atom. The smallest absolute Gasteiger partial charge is 0.295 e. The predicted molar refractivity (Wildman–Crippen MR) is 150 cm³/mol. The standard InChI is InChI=1S/C32H35NO6/c1-21(2)19-38-26-12-8-11-24(18-26)29-28(31(35)32(36)33(29)15-16-37-4)30(34)25-13-14-27(22(3)17-25)39-20-23-9-6-5-7-10-23/h5-14,17-18,21,29,34H,15-16,19-20H2,1-4H3/b30-28+. The average molecular weight is 530 g/mol. The Labute approximate surface area is 229 Å². The van der Waals surface area contributed by atoms with Crippen LogP contribution >= 0.6 is 0 Å². The average Bonchev–Trinajstić information content (AvgIpc) is 3.19. The fourth-order valence-electron chi connectivity index (χ4n) is 4.53. The molecular formula is C32H35NO6. The minimum absolute atomic E-state index is 0.0365. The summed E-state index contributed by atoms with van der Waals surface area (Å²) in [4.78, 5) is 27.8. The van der Waals surface area contributed by atoms with Crippen molar-refractivity contribution in [1.82, 2.24) is 4.90 Å². The lowest BCUT2D eigenvalue weighted by molar-refractivity contribution is -0.140. The quantitative estimate of drug-likeness (QED) is 0.196. The Morgan fingerprint density at radius 3 is 2.44 bits per heavy atom. The Kier molecular flexibility index (Phi) is 9.04. The molecule has 0 spiro atoms. The minimum atomic E-state index is -0.780. The number of nitrogens with zero attached hydrogens (tertiary/aromatic N) is 1. The summed E-state index contributed by atoms with van der Waals surface area (Å²) in [6, 6.07) is 21.6. The molecule has 1 fully saturated rings. The Bertz CT molecular complexity index is 1350. The summed E-state index contributed by atoms with van der Waals surface area (Å²) < 4.78 is 17.1. The number of carbonyl (C=O) groups is 2. The fourth-order valence-corrected chi connectivity index (χ4v) is 4.53. The van der Waals surface area contributed by atoms with Crippen LogP contribution in [-0.4, -0.2) is 48.6 Å². The molecular weight excluding hydrogens is 494 g/mol. The van der Waals surface area contributed by atoms with E-state index in [0.29, 0.717) is 41.8 Å². The maximum atomic E-state index is 13.3. The van der Waals surface area contributed by atoms with Crippen molar-refractivity contribution in [2.24, 2.45) is 5.92 Å². The molecule has 3 aromatic rings. The van der Waals surface area contributed by atoms with Crippen LogP contribution < -0.4 is 9.47 Å². The number of carbonyl (C=O) groups excluding carboxylic acids is 2. The number of hydrogen-bond donors (Lipinski definition) is 1. The largest absolute Gasteiger partial charge is 0.507 e. The number of methoxy groups -OCH3 is 1. The molecule has 3 aromatic carbocycles. The van der Waals surface area contributed by atoms with E-state index in [1.807, 2.05) is 61.5 Å². The fraction of sp³-hybridized carbons (Fsp3) is 0.312. The molecule has 1 heterocycles. The molecule has 7 nitrogen and oxygen atoms in total. The van der Waals surface area contributed by atoms with Crippen molar-refractivity contribution >= 4 is 17.4 Å². The van der Waals surface area contributed by atoms with Crippen molar-refractivity contribution in [3.63, 3.8) is 0 Å². The molecule has 1 amide bonds. The Hall–Kier alpha value is -4.10. The van der Waals surface area contributed by atoms with Crippen LogP contribution in [0.15, 0.2) is 78.4 Å². The third kappa shape index (κ3) is 6.49. The van der Waals surface area contributed by atoms with Crippen LogP contribution in [0.1, 0.15) is 42.1 Å². The number of Topliss-reactive ketones (excluding diaryl/α,β-unsaturated/α-hetero) is 1. The van der Waals surface area contributed by atoms with Gasteiger partial charge in [-0.25, -0.2) is 0 Å². The molecule has 0 radical (unpaired) electrons. The Balaban J connectivity index is 1.69. The molecule has 204 valence electrons. The zero-order valence-electron chi connectivity index (χ0n) is 22.8. The molecule has 1 unspecified atom stereocenters. The second kappa shape index (κ2) is 12.6. The van der Waals surface area contributed by atoms with Crippen molar-refractivity contribution < 1.29 is 28.9 Å². The number of hydrogen-bond acceptors (Lipinski definition) is 6. The first-order chi connectivity index (χ1) is 18.8. The van der Waals surface area contributed by atoms with Gasteiger partial charge in [-0.15, -0.1) is 0 Å². The number of ketones is 1. The molecule has 1 atom stereocenters. The van der Waals surface area contributed by atoms with E-state index < -0.39 is 17.7 Å². The molecule has 39 heavy (non-hydrogen) atoms. The maximum absolute atomic E-state index is 13.3. The number of aliphatic hydroxyl groups is 1. The highest BCUT2D eigenvalue weighted by molar-refractivity contribution is 6.46. The van der Waals surface area contributed by atoms with Crippen LogP contribution in [0.4, 0.5) is 0 Å². The molecule has 0 aliphatic carbocycles. The SMILES string of the molecule is COCCN1C(=O)C(=O)/C(=C(/O)c2ccc(OCc3ccccc3)c(C)c2)C1c1cccc(OCC(C)C)c1. The summed E-state index contributed by atoms with van der Waals surface area (Å²) in [7, 11) is 1.54. The van der Waals surface area contributed by atoms with Gasteiger partial charge in [-0.2, -0.15) is 0 Å². The maximum Gasteiger partial charge on any atom is 0.295 e. The first-order valence-corrected chi connectivity index (χ1v) is 13.1. The van der Waals surface area contributed by atoms with E-state index in [1.54, 1.807) is 18.2 Å². The molecule has 1 aliphatic rings. The van der Waals surface area contributed by atoms with Gasteiger partial charge < -0.3 is 24.2 Å². The summed E-state index contributed by atoms with van der Waals surface area (Å²) in [5.41, 5.74) is 2.98. The molecule has 0 aromatic heterocycles. The Morgan fingerprint density at radius 1 is 0.974 bits per heavy atom. The van der Waals surface area contributed by atoms with Crippen molar-refractivity contribution in [2.45, 2.75) is 33.4 Å². The lowest BCUT2D eigenvalue weighted by Crippen LogP contribution is -2.32. The highest BCUT2D eigenvalue weighted by Gasteiger charge is 2.46. The van der Waals surface area contributed by atoms with Gasteiger partial charge in [0.1, 0.15) is 23.9 Å². The number of likely N-dealkylation sites (tertiary alicyclic amines) is 1. The molecule has 4 rings (SSSR count). The second-order valence-corrected chi connectivity index (χ2v) is 10.0. The molecule has 1 N–H and O–H groups in total. The highest BCUT2D eigenvalue weighted by atomic mass is 16.5. The van der Waals surface area contributed by atoms with Crippen LogP contribution in [0.2, 0.25) is 0 Å². The van der Waals surface area contributed by atoms with Crippen molar-refractivity contribution in [1.29, 1.82) is 0 Å². The lowest BCUT2D eigenvalue weighted by Gasteiger charge is -2.25. The number of amides is 1. The zero-order valence-corrected chi connectivity index (χ0v) is 22.8. The van der Waals surface area contributed by atoms with Crippen molar-refractivity contribution in [3.8, 4) is 11.5 Å². The highest BCUT2D eigenvalue weighted by Crippen LogP contribution is 2.40. The monoisotopic (exact) mass is 529 g/mol. The van der Waals surface area contributed by atoms with Gasteiger partial charge in [-0.3, -0.25) is 9.59 Å². The molecule has 1 saturated heterocycles. The van der Waals surface area contributed by atoms with Crippen LogP contribution in [-0.2, 0) is 20.9 Å². The van der Waals surface area contributed by atoms with Gasteiger partial charge in [-0.1, -0.05) is 56.3 Å². The topological polar surface area (TPSA) is 85.3 Å². The van der Waals surface area contributed by atoms with Crippen LogP contribution in [0.5, 0.6) is 11.5 Å². The van der Waals surface area contributed by atoms with Gasteiger partial charge in [0.05, 0.1) is 24.8 Å². The van der Waals surface area contributed by atoms with Crippen LogP contribution in [0.3, 0.4) is 0 Å². The number of aryl methyl sites for hydroxylation is 1. The number of benzene rings is 3. The number of rotatable bonds is 11. The molecule has 7 heteroatoms.